The fourth-order valence-corrected chi connectivity index (χ4v) is 1.38. The average molecular weight is 232 g/mol. The third-order valence-electron chi connectivity index (χ3n) is 2.17. The van der Waals surface area contributed by atoms with Gasteiger partial charge in [0.05, 0.1) is 12.8 Å². The Balaban J connectivity index is 0.000000686. The Morgan fingerprint density at radius 1 is 1.12 bits per heavy atom. The van der Waals surface area contributed by atoms with Gasteiger partial charge >= 0.3 is 0 Å². The third kappa shape index (κ3) is 4.18. The molecule has 0 aliphatic carbocycles. The first kappa shape index (κ1) is 13.1. The van der Waals surface area contributed by atoms with Crippen LogP contribution in [0, 0.1) is 0 Å². The lowest BCUT2D eigenvalue weighted by Crippen LogP contribution is -2.02. The van der Waals surface area contributed by atoms with E-state index in [1.165, 1.54) is 5.56 Å². The van der Waals surface area contributed by atoms with E-state index in [9.17, 15) is 0 Å². The Hall–Kier alpha value is -1.98. The fraction of sp³-hybridized carbons (Fsp3) is 0.167. The van der Waals surface area contributed by atoms with Crippen LogP contribution >= 0.6 is 0 Å². The molecule has 0 spiro atoms. The van der Waals surface area contributed by atoms with Crippen LogP contribution in [-0.4, -0.2) is 17.3 Å². The van der Waals surface area contributed by atoms with Crippen LogP contribution in [0.1, 0.15) is 11.3 Å². The molecule has 1 heterocycles. The van der Waals surface area contributed by atoms with E-state index in [0.717, 1.165) is 17.9 Å². The van der Waals surface area contributed by atoms with Gasteiger partial charge in [0.15, 0.2) is 0 Å². The van der Waals surface area contributed by atoms with Gasteiger partial charge in [-0.2, -0.15) is 10.2 Å². The van der Waals surface area contributed by atoms with E-state index in [0.29, 0.717) is 0 Å². The van der Waals surface area contributed by atoms with Crippen molar-refractivity contribution in [3.05, 3.63) is 53.9 Å². The lowest BCUT2D eigenvalue weighted by atomic mass is 10.1. The van der Waals surface area contributed by atoms with Gasteiger partial charge in [-0.1, -0.05) is 12.1 Å². The fourth-order valence-electron chi connectivity index (χ4n) is 1.38. The van der Waals surface area contributed by atoms with Gasteiger partial charge < -0.3 is 4.74 Å². The quantitative estimate of drug-likeness (QED) is 0.606. The Bertz CT molecular complexity index is 416. The van der Waals surface area contributed by atoms with E-state index in [2.05, 4.69) is 21.9 Å². The molecule has 17 heavy (non-hydrogen) atoms. The predicted octanol–water partition coefficient (Wildman–Crippen LogP) is 0.895. The van der Waals surface area contributed by atoms with E-state index in [4.69, 9.17) is 4.74 Å². The second-order valence-corrected chi connectivity index (χ2v) is 3.24. The van der Waals surface area contributed by atoms with Crippen molar-refractivity contribution in [1.29, 1.82) is 0 Å². The SMILES string of the molecule is COc1ccc(Cc2cccnn2)cc1.NN. The molecule has 4 N–H and O–H groups in total. The molecule has 0 amide bonds. The minimum atomic E-state index is 0.803. The number of aromatic nitrogens is 2. The Morgan fingerprint density at radius 3 is 2.35 bits per heavy atom. The van der Waals surface area contributed by atoms with Crippen LogP contribution in [0.15, 0.2) is 42.6 Å². The van der Waals surface area contributed by atoms with Crippen molar-refractivity contribution in [2.75, 3.05) is 7.11 Å². The summed E-state index contributed by atoms with van der Waals surface area (Å²) < 4.78 is 5.09. The topological polar surface area (TPSA) is 87.0 Å². The molecule has 5 heteroatoms. The van der Waals surface area contributed by atoms with E-state index in [1.807, 2.05) is 36.4 Å². The molecule has 2 rings (SSSR count). The first-order valence-corrected chi connectivity index (χ1v) is 5.11. The molecule has 5 nitrogen and oxygen atoms in total. The van der Waals surface area contributed by atoms with Crippen LogP contribution in [-0.2, 0) is 6.42 Å². The van der Waals surface area contributed by atoms with Gasteiger partial charge in [-0.15, -0.1) is 0 Å². The van der Waals surface area contributed by atoms with Gasteiger partial charge in [-0.25, -0.2) is 0 Å². The molecule has 0 aliphatic heterocycles. The summed E-state index contributed by atoms with van der Waals surface area (Å²) >= 11 is 0. The maximum Gasteiger partial charge on any atom is 0.118 e. The monoisotopic (exact) mass is 232 g/mol. The van der Waals surface area contributed by atoms with Crippen LogP contribution in [0.5, 0.6) is 5.75 Å². The summed E-state index contributed by atoms with van der Waals surface area (Å²) in [4.78, 5) is 0. The molecule has 0 radical (unpaired) electrons. The van der Waals surface area contributed by atoms with E-state index in [-0.39, 0.29) is 0 Å². The number of hydrazine groups is 1. The number of methoxy groups -OCH3 is 1. The number of nitrogens with two attached hydrogens (primary N) is 2. The molecule has 0 saturated heterocycles. The molecule has 1 aromatic heterocycles. The molecular formula is C12H16N4O. The summed E-state index contributed by atoms with van der Waals surface area (Å²) in [6, 6.07) is 11.8. The van der Waals surface area contributed by atoms with Gasteiger partial charge in [0.2, 0.25) is 0 Å². The van der Waals surface area contributed by atoms with Gasteiger partial charge in [0.25, 0.3) is 0 Å². The van der Waals surface area contributed by atoms with Crippen molar-refractivity contribution in [2.24, 2.45) is 11.7 Å². The number of ether oxygens (including phenoxy) is 1. The summed E-state index contributed by atoms with van der Waals surface area (Å²) in [6.45, 7) is 0. The minimum absolute atomic E-state index is 0.803. The molecule has 0 fully saturated rings. The Morgan fingerprint density at radius 2 is 1.82 bits per heavy atom. The lowest BCUT2D eigenvalue weighted by molar-refractivity contribution is 0.414. The zero-order valence-electron chi connectivity index (χ0n) is 9.71. The normalized spacial score (nSPS) is 9.12. The first-order chi connectivity index (χ1) is 8.38. The molecule has 0 unspecified atom stereocenters. The smallest absolute Gasteiger partial charge is 0.118 e. The van der Waals surface area contributed by atoms with Gasteiger partial charge in [0.1, 0.15) is 5.75 Å². The Labute approximate surface area is 100 Å². The highest BCUT2D eigenvalue weighted by molar-refractivity contribution is 5.29. The summed E-state index contributed by atoms with van der Waals surface area (Å²) in [6.07, 6.45) is 2.48. The number of hydrogen-bond acceptors (Lipinski definition) is 5. The van der Waals surface area contributed by atoms with Crippen LogP contribution in [0.25, 0.3) is 0 Å². The highest BCUT2D eigenvalue weighted by Crippen LogP contribution is 2.13. The molecule has 0 saturated carbocycles. The highest BCUT2D eigenvalue weighted by Gasteiger charge is 1.97. The lowest BCUT2D eigenvalue weighted by Gasteiger charge is -2.02. The van der Waals surface area contributed by atoms with E-state index < -0.39 is 0 Å². The van der Waals surface area contributed by atoms with E-state index >= 15 is 0 Å². The Kier molecular flexibility index (Phi) is 5.63. The van der Waals surface area contributed by atoms with Gasteiger partial charge in [0, 0.05) is 12.6 Å². The molecule has 0 aliphatic rings. The summed E-state index contributed by atoms with van der Waals surface area (Å²) in [5.74, 6) is 8.87. The van der Waals surface area contributed by atoms with Crippen LogP contribution in [0.3, 0.4) is 0 Å². The first-order valence-electron chi connectivity index (χ1n) is 5.11. The predicted molar refractivity (Wildman–Crippen MR) is 66.2 cm³/mol. The molecular weight excluding hydrogens is 216 g/mol. The van der Waals surface area contributed by atoms with Crippen molar-refractivity contribution in [2.45, 2.75) is 6.42 Å². The summed E-state index contributed by atoms with van der Waals surface area (Å²) in [5, 5.41) is 7.88. The molecule has 0 bridgehead atoms. The molecule has 1 aromatic carbocycles. The van der Waals surface area contributed by atoms with Crippen molar-refractivity contribution in [1.82, 2.24) is 10.2 Å². The molecule has 0 atom stereocenters. The van der Waals surface area contributed by atoms with Gasteiger partial charge in [-0.3, -0.25) is 11.7 Å². The third-order valence-corrected chi connectivity index (χ3v) is 2.17. The second-order valence-electron chi connectivity index (χ2n) is 3.24. The molecule has 2 aromatic rings. The largest absolute Gasteiger partial charge is 0.497 e. The van der Waals surface area contributed by atoms with Crippen LogP contribution < -0.4 is 16.4 Å². The van der Waals surface area contributed by atoms with Crippen LogP contribution in [0.2, 0.25) is 0 Å². The zero-order chi connectivity index (χ0) is 12.5. The maximum atomic E-state index is 5.09. The van der Waals surface area contributed by atoms with Crippen LogP contribution in [0.4, 0.5) is 0 Å². The van der Waals surface area contributed by atoms with Crippen molar-refractivity contribution in [3.8, 4) is 5.75 Å². The number of nitrogens with zero attached hydrogens (tertiary/aromatic N) is 2. The minimum Gasteiger partial charge on any atom is -0.497 e. The summed E-state index contributed by atoms with van der Waals surface area (Å²) in [5.41, 5.74) is 2.18. The van der Waals surface area contributed by atoms with Gasteiger partial charge in [-0.05, 0) is 29.8 Å². The van der Waals surface area contributed by atoms with Crippen molar-refractivity contribution >= 4 is 0 Å². The number of rotatable bonds is 3. The average Bonchev–Trinajstić information content (AvgIpc) is 2.43. The zero-order valence-corrected chi connectivity index (χ0v) is 9.71. The number of benzene rings is 1. The summed E-state index contributed by atoms with van der Waals surface area (Å²) in [7, 11) is 1.66. The number of hydrogen-bond donors (Lipinski definition) is 2. The highest BCUT2D eigenvalue weighted by atomic mass is 16.5. The van der Waals surface area contributed by atoms with Crippen molar-refractivity contribution in [3.63, 3.8) is 0 Å². The van der Waals surface area contributed by atoms with E-state index in [1.54, 1.807) is 13.3 Å². The maximum absolute atomic E-state index is 5.09. The second kappa shape index (κ2) is 7.32. The van der Waals surface area contributed by atoms with Crippen molar-refractivity contribution < 1.29 is 4.74 Å². The standard InChI is InChI=1S/C12H12N2O.H4N2/c1-15-12-6-4-10(5-7-12)9-11-3-2-8-13-14-11;1-2/h2-8H,9H2,1H3;1-2H2. The molecule has 90 valence electrons.